The molecule has 0 spiro atoms. The monoisotopic (exact) mass is 267 g/mol. The molecular formula is C13H17NO3S. The molecule has 1 fully saturated rings. The van der Waals surface area contributed by atoms with Crippen LogP contribution in [-0.2, 0) is 16.1 Å². The standard InChI is InChI=1S/C13H17NO3S/c1-17-8-9-4-2-3-5-10(9)12-14-11(13(15)16)6-7-18-12/h2-5,11-12,14H,6-8H2,1H3,(H,15,16). The summed E-state index contributed by atoms with van der Waals surface area (Å²) in [5.41, 5.74) is 2.23. The summed E-state index contributed by atoms with van der Waals surface area (Å²) >= 11 is 1.75. The fourth-order valence-corrected chi connectivity index (χ4v) is 3.35. The van der Waals surface area contributed by atoms with Gasteiger partial charge < -0.3 is 9.84 Å². The second-order valence-corrected chi connectivity index (χ2v) is 5.44. The molecule has 2 atom stereocenters. The maximum atomic E-state index is 11.0. The Morgan fingerprint density at radius 2 is 2.33 bits per heavy atom. The Hall–Kier alpha value is -1.04. The van der Waals surface area contributed by atoms with Gasteiger partial charge in [-0.25, -0.2) is 0 Å². The summed E-state index contributed by atoms with van der Waals surface area (Å²) in [6, 6.07) is 7.54. The molecule has 4 nitrogen and oxygen atoms in total. The lowest BCUT2D eigenvalue weighted by Gasteiger charge is -2.29. The molecule has 1 saturated heterocycles. The summed E-state index contributed by atoms with van der Waals surface area (Å²) in [5.74, 6) is 0.0835. The summed E-state index contributed by atoms with van der Waals surface area (Å²) in [6.45, 7) is 0.548. The van der Waals surface area contributed by atoms with Gasteiger partial charge in [0.15, 0.2) is 0 Å². The van der Waals surface area contributed by atoms with E-state index >= 15 is 0 Å². The third-order valence-electron chi connectivity index (χ3n) is 2.98. The Labute approximate surface area is 111 Å². The number of hydrogen-bond acceptors (Lipinski definition) is 4. The number of ether oxygens (including phenoxy) is 1. The molecule has 0 radical (unpaired) electrons. The van der Waals surface area contributed by atoms with Crippen molar-refractivity contribution in [3.8, 4) is 0 Å². The lowest BCUT2D eigenvalue weighted by Crippen LogP contribution is -2.42. The molecule has 0 aliphatic carbocycles. The molecule has 18 heavy (non-hydrogen) atoms. The lowest BCUT2D eigenvalue weighted by atomic mass is 10.1. The van der Waals surface area contributed by atoms with Gasteiger partial charge in [-0.3, -0.25) is 10.1 Å². The minimum atomic E-state index is -0.774. The van der Waals surface area contributed by atoms with Crippen LogP contribution in [0, 0.1) is 0 Å². The van der Waals surface area contributed by atoms with E-state index in [9.17, 15) is 4.79 Å². The zero-order valence-corrected chi connectivity index (χ0v) is 11.1. The fraction of sp³-hybridized carbons (Fsp3) is 0.462. The van der Waals surface area contributed by atoms with Gasteiger partial charge in [0, 0.05) is 7.11 Å². The SMILES string of the molecule is COCc1ccccc1C1NC(C(=O)O)CCS1. The average molecular weight is 267 g/mol. The highest BCUT2D eigenvalue weighted by Crippen LogP contribution is 2.33. The van der Waals surface area contributed by atoms with Crippen molar-refractivity contribution >= 4 is 17.7 Å². The van der Waals surface area contributed by atoms with Crippen LogP contribution in [0.15, 0.2) is 24.3 Å². The van der Waals surface area contributed by atoms with Gasteiger partial charge in [-0.2, -0.15) is 0 Å². The Kier molecular flexibility index (Phi) is 4.63. The van der Waals surface area contributed by atoms with Gasteiger partial charge >= 0.3 is 5.97 Å². The summed E-state index contributed by atoms with van der Waals surface area (Å²) in [7, 11) is 1.66. The zero-order chi connectivity index (χ0) is 13.0. The molecule has 5 heteroatoms. The molecule has 2 N–H and O–H groups in total. The second kappa shape index (κ2) is 6.22. The summed E-state index contributed by atoms with van der Waals surface area (Å²) < 4.78 is 5.18. The normalized spacial score (nSPS) is 23.8. The van der Waals surface area contributed by atoms with Crippen LogP contribution in [0.5, 0.6) is 0 Å². The van der Waals surface area contributed by atoms with E-state index in [4.69, 9.17) is 9.84 Å². The van der Waals surface area contributed by atoms with E-state index < -0.39 is 12.0 Å². The highest BCUT2D eigenvalue weighted by Gasteiger charge is 2.28. The van der Waals surface area contributed by atoms with E-state index in [2.05, 4.69) is 5.32 Å². The van der Waals surface area contributed by atoms with Crippen molar-refractivity contribution in [2.75, 3.05) is 12.9 Å². The van der Waals surface area contributed by atoms with E-state index in [0.717, 1.165) is 16.9 Å². The van der Waals surface area contributed by atoms with Gasteiger partial charge in [-0.05, 0) is 23.3 Å². The first-order valence-electron chi connectivity index (χ1n) is 5.89. The number of aliphatic carboxylic acids is 1. The van der Waals surface area contributed by atoms with Gasteiger partial charge in [0.2, 0.25) is 0 Å². The third kappa shape index (κ3) is 3.04. The molecule has 0 bridgehead atoms. The molecule has 1 aliphatic rings. The number of methoxy groups -OCH3 is 1. The molecule has 0 saturated carbocycles. The Morgan fingerprint density at radius 1 is 1.56 bits per heavy atom. The maximum absolute atomic E-state index is 11.0. The fourth-order valence-electron chi connectivity index (χ4n) is 2.07. The highest BCUT2D eigenvalue weighted by molar-refractivity contribution is 7.99. The average Bonchev–Trinajstić information content (AvgIpc) is 2.40. The van der Waals surface area contributed by atoms with Gasteiger partial charge in [0.1, 0.15) is 6.04 Å². The Balaban J connectivity index is 2.17. The molecule has 0 amide bonds. The minimum Gasteiger partial charge on any atom is -0.480 e. The van der Waals surface area contributed by atoms with Crippen LogP contribution in [0.25, 0.3) is 0 Å². The molecule has 1 aromatic carbocycles. The molecule has 2 unspecified atom stereocenters. The Morgan fingerprint density at radius 3 is 3.06 bits per heavy atom. The number of rotatable bonds is 4. The van der Waals surface area contributed by atoms with Gasteiger partial charge in [-0.1, -0.05) is 24.3 Å². The van der Waals surface area contributed by atoms with Crippen LogP contribution >= 0.6 is 11.8 Å². The van der Waals surface area contributed by atoms with Gasteiger partial charge in [-0.15, -0.1) is 11.8 Å². The van der Waals surface area contributed by atoms with Crippen LogP contribution < -0.4 is 5.32 Å². The molecular weight excluding hydrogens is 250 g/mol. The smallest absolute Gasteiger partial charge is 0.320 e. The van der Waals surface area contributed by atoms with Crippen LogP contribution in [0.3, 0.4) is 0 Å². The van der Waals surface area contributed by atoms with Crippen molar-refractivity contribution in [3.05, 3.63) is 35.4 Å². The van der Waals surface area contributed by atoms with Gasteiger partial charge in [0.05, 0.1) is 12.0 Å². The lowest BCUT2D eigenvalue weighted by molar-refractivity contribution is -0.139. The van der Waals surface area contributed by atoms with E-state index in [1.54, 1.807) is 18.9 Å². The molecule has 2 rings (SSSR count). The van der Waals surface area contributed by atoms with E-state index in [1.807, 2.05) is 24.3 Å². The summed E-state index contributed by atoms with van der Waals surface area (Å²) in [4.78, 5) is 11.0. The van der Waals surface area contributed by atoms with Crippen molar-refractivity contribution in [1.29, 1.82) is 0 Å². The van der Waals surface area contributed by atoms with Crippen LogP contribution in [0.2, 0.25) is 0 Å². The third-order valence-corrected chi connectivity index (χ3v) is 4.17. The van der Waals surface area contributed by atoms with Crippen molar-refractivity contribution in [2.45, 2.75) is 24.4 Å². The summed E-state index contributed by atoms with van der Waals surface area (Å²) in [5, 5.41) is 12.3. The minimum absolute atomic E-state index is 0.0335. The number of carboxylic acid groups (broad SMARTS) is 1. The van der Waals surface area contributed by atoms with E-state index in [-0.39, 0.29) is 5.37 Å². The number of hydrogen-bond donors (Lipinski definition) is 2. The van der Waals surface area contributed by atoms with E-state index in [1.165, 1.54) is 0 Å². The van der Waals surface area contributed by atoms with E-state index in [0.29, 0.717) is 13.0 Å². The molecule has 1 aliphatic heterocycles. The first kappa shape index (κ1) is 13.4. The van der Waals surface area contributed by atoms with Crippen molar-refractivity contribution < 1.29 is 14.6 Å². The number of thioether (sulfide) groups is 1. The Bertz CT molecular complexity index is 424. The first-order valence-corrected chi connectivity index (χ1v) is 6.94. The van der Waals surface area contributed by atoms with Crippen LogP contribution in [-0.4, -0.2) is 30.0 Å². The van der Waals surface area contributed by atoms with Crippen molar-refractivity contribution in [1.82, 2.24) is 5.32 Å². The van der Waals surface area contributed by atoms with Crippen LogP contribution in [0.4, 0.5) is 0 Å². The predicted octanol–water partition coefficient (Wildman–Crippen LogP) is 2.01. The van der Waals surface area contributed by atoms with Crippen LogP contribution in [0.1, 0.15) is 22.9 Å². The first-order chi connectivity index (χ1) is 8.72. The summed E-state index contributed by atoms with van der Waals surface area (Å²) in [6.07, 6.45) is 0.670. The predicted molar refractivity (Wildman–Crippen MR) is 71.5 cm³/mol. The molecule has 1 aromatic rings. The molecule has 98 valence electrons. The number of benzene rings is 1. The second-order valence-electron chi connectivity index (χ2n) is 4.23. The molecule has 1 heterocycles. The zero-order valence-electron chi connectivity index (χ0n) is 10.3. The maximum Gasteiger partial charge on any atom is 0.320 e. The molecule has 0 aromatic heterocycles. The largest absolute Gasteiger partial charge is 0.480 e. The van der Waals surface area contributed by atoms with Gasteiger partial charge in [0.25, 0.3) is 0 Å². The number of carbonyl (C=O) groups is 1. The number of nitrogens with one attached hydrogen (secondary N) is 1. The van der Waals surface area contributed by atoms with Crippen molar-refractivity contribution in [3.63, 3.8) is 0 Å². The number of carboxylic acids is 1. The van der Waals surface area contributed by atoms with Crippen molar-refractivity contribution in [2.24, 2.45) is 0 Å². The highest BCUT2D eigenvalue weighted by atomic mass is 32.2. The quantitative estimate of drug-likeness (QED) is 0.874. The topological polar surface area (TPSA) is 58.6 Å².